The number of carboxylic acids is 2. The smallest absolute Gasteiger partial charge is 0.326 e. The van der Waals surface area contributed by atoms with Gasteiger partial charge >= 0.3 is 18.0 Å². The first-order valence-corrected chi connectivity index (χ1v) is 6.49. The molecular weight excluding hydrogens is 276 g/mol. The Hall–Kier alpha value is -2.57. The maximum atomic E-state index is 12.1. The van der Waals surface area contributed by atoms with Crippen LogP contribution in [0.15, 0.2) is 24.3 Å². The van der Waals surface area contributed by atoms with Gasteiger partial charge in [-0.3, -0.25) is 4.79 Å². The number of hydrogen-bond donors (Lipinski definition) is 3. The first-order valence-electron chi connectivity index (χ1n) is 6.49. The van der Waals surface area contributed by atoms with E-state index in [1.165, 1.54) is 6.92 Å². The molecule has 0 saturated carbocycles. The highest BCUT2D eigenvalue weighted by Gasteiger charge is 2.35. The number of benzene rings is 1. The van der Waals surface area contributed by atoms with E-state index < -0.39 is 30.1 Å². The van der Waals surface area contributed by atoms with Crippen molar-refractivity contribution in [2.45, 2.75) is 32.0 Å². The minimum absolute atomic E-state index is 0.144. The van der Waals surface area contributed by atoms with Crippen LogP contribution in [-0.4, -0.2) is 45.2 Å². The van der Waals surface area contributed by atoms with Gasteiger partial charge in [0, 0.05) is 13.0 Å². The topological polar surface area (TPSA) is 107 Å². The molecular formula is C14H16N2O5. The molecule has 0 aliphatic carbocycles. The van der Waals surface area contributed by atoms with Crippen LogP contribution in [0, 0.1) is 0 Å². The summed E-state index contributed by atoms with van der Waals surface area (Å²) in [6.45, 7) is 1.47. The van der Waals surface area contributed by atoms with E-state index in [9.17, 15) is 19.5 Å². The lowest BCUT2D eigenvalue weighted by Crippen LogP contribution is -2.54. The van der Waals surface area contributed by atoms with E-state index in [0.717, 1.165) is 16.0 Å². The van der Waals surface area contributed by atoms with Gasteiger partial charge in [0.25, 0.3) is 0 Å². The van der Waals surface area contributed by atoms with Gasteiger partial charge in [-0.05, 0) is 18.1 Å². The number of nitrogens with zero attached hydrogens (tertiary/aromatic N) is 1. The highest BCUT2D eigenvalue weighted by atomic mass is 16.4. The molecule has 0 unspecified atom stereocenters. The molecule has 2 amide bonds. The van der Waals surface area contributed by atoms with Crippen LogP contribution in [0.5, 0.6) is 0 Å². The molecule has 1 aliphatic heterocycles. The Morgan fingerprint density at radius 3 is 2.43 bits per heavy atom. The van der Waals surface area contributed by atoms with Gasteiger partial charge in [0.1, 0.15) is 12.1 Å². The monoisotopic (exact) mass is 292 g/mol. The van der Waals surface area contributed by atoms with Crippen molar-refractivity contribution in [2.75, 3.05) is 0 Å². The van der Waals surface area contributed by atoms with Gasteiger partial charge in [-0.1, -0.05) is 24.3 Å². The molecule has 112 valence electrons. The van der Waals surface area contributed by atoms with Gasteiger partial charge in [0.05, 0.1) is 0 Å². The highest BCUT2D eigenvalue weighted by molar-refractivity contribution is 5.86. The van der Waals surface area contributed by atoms with Crippen molar-refractivity contribution >= 4 is 18.0 Å². The van der Waals surface area contributed by atoms with E-state index in [1.807, 2.05) is 24.3 Å². The maximum Gasteiger partial charge on any atom is 0.326 e. The van der Waals surface area contributed by atoms with Crippen LogP contribution in [0.3, 0.4) is 0 Å². The van der Waals surface area contributed by atoms with Crippen LogP contribution in [0.4, 0.5) is 4.79 Å². The molecule has 0 saturated heterocycles. The molecule has 1 aliphatic rings. The van der Waals surface area contributed by atoms with Crippen LogP contribution in [0.2, 0.25) is 0 Å². The molecule has 1 aromatic rings. The summed E-state index contributed by atoms with van der Waals surface area (Å²) in [5.41, 5.74) is 1.76. The lowest BCUT2D eigenvalue weighted by molar-refractivity contribution is -0.142. The number of nitrogens with one attached hydrogen (secondary N) is 1. The quantitative estimate of drug-likeness (QED) is 0.759. The Morgan fingerprint density at radius 1 is 1.24 bits per heavy atom. The Morgan fingerprint density at radius 2 is 1.86 bits per heavy atom. The normalized spacial score (nSPS) is 18.5. The molecule has 1 heterocycles. The molecule has 0 fully saturated rings. The fraction of sp³-hybridized carbons (Fsp3) is 0.357. The molecule has 3 N–H and O–H groups in total. The third-order valence-electron chi connectivity index (χ3n) is 3.50. The second-order valence-corrected chi connectivity index (χ2v) is 4.96. The fourth-order valence-corrected chi connectivity index (χ4v) is 2.29. The van der Waals surface area contributed by atoms with Crippen molar-refractivity contribution in [3.05, 3.63) is 35.4 Å². The van der Waals surface area contributed by atoms with Crippen LogP contribution in [0.25, 0.3) is 0 Å². The number of urea groups is 1. The summed E-state index contributed by atoms with van der Waals surface area (Å²) in [4.78, 5) is 35.4. The van der Waals surface area contributed by atoms with E-state index in [4.69, 9.17) is 5.11 Å². The minimum Gasteiger partial charge on any atom is -0.480 e. The lowest BCUT2D eigenvalue weighted by Gasteiger charge is -2.34. The van der Waals surface area contributed by atoms with E-state index in [1.54, 1.807) is 0 Å². The third kappa shape index (κ3) is 3.13. The molecule has 21 heavy (non-hydrogen) atoms. The van der Waals surface area contributed by atoms with Gasteiger partial charge in [0.2, 0.25) is 0 Å². The number of carbonyl (C=O) groups is 3. The van der Waals surface area contributed by atoms with Gasteiger partial charge in [-0.2, -0.15) is 0 Å². The summed E-state index contributed by atoms with van der Waals surface area (Å²) < 4.78 is 0. The molecule has 0 bridgehead atoms. The van der Waals surface area contributed by atoms with E-state index in [-0.39, 0.29) is 13.0 Å². The zero-order valence-corrected chi connectivity index (χ0v) is 11.4. The van der Waals surface area contributed by atoms with Crippen LogP contribution < -0.4 is 5.32 Å². The molecule has 2 atom stereocenters. The van der Waals surface area contributed by atoms with E-state index in [2.05, 4.69) is 5.32 Å². The van der Waals surface area contributed by atoms with Gasteiger partial charge < -0.3 is 20.4 Å². The average molecular weight is 292 g/mol. The van der Waals surface area contributed by atoms with Crippen molar-refractivity contribution < 1.29 is 24.6 Å². The summed E-state index contributed by atoms with van der Waals surface area (Å²) >= 11 is 0. The van der Waals surface area contributed by atoms with Gasteiger partial charge in [-0.15, -0.1) is 0 Å². The number of amides is 2. The van der Waals surface area contributed by atoms with Crippen molar-refractivity contribution in [2.24, 2.45) is 0 Å². The second kappa shape index (κ2) is 5.82. The number of hydrogen-bond acceptors (Lipinski definition) is 3. The zero-order valence-electron chi connectivity index (χ0n) is 11.4. The molecule has 7 heteroatoms. The lowest BCUT2D eigenvalue weighted by atomic mass is 9.94. The predicted octanol–water partition coefficient (Wildman–Crippen LogP) is 0.681. The van der Waals surface area contributed by atoms with Crippen molar-refractivity contribution in [3.63, 3.8) is 0 Å². The van der Waals surface area contributed by atoms with Crippen molar-refractivity contribution in [1.82, 2.24) is 10.2 Å². The first kappa shape index (κ1) is 14.8. The minimum atomic E-state index is -1.17. The maximum absolute atomic E-state index is 12.1. The number of fused-ring (bicyclic) bond motifs is 1. The Balaban J connectivity index is 2.22. The Labute approximate surface area is 121 Å². The first-order chi connectivity index (χ1) is 9.90. The molecule has 0 aromatic heterocycles. The van der Waals surface area contributed by atoms with Crippen molar-refractivity contribution in [1.29, 1.82) is 0 Å². The van der Waals surface area contributed by atoms with Crippen molar-refractivity contribution in [3.8, 4) is 0 Å². The SMILES string of the molecule is C[C@H](NC(=O)N1Cc2ccccc2C[C@H]1C(=O)O)C(=O)O. The van der Waals surface area contributed by atoms with E-state index >= 15 is 0 Å². The molecule has 2 rings (SSSR count). The van der Waals surface area contributed by atoms with E-state index in [0.29, 0.717) is 0 Å². The second-order valence-electron chi connectivity index (χ2n) is 4.96. The number of carbonyl (C=O) groups excluding carboxylic acids is 1. The molecule has 7 nitrogen and oxygen atoms in total. The number of rotatable bonds is 3. The van der Waals surface area contributed by atoms with Crippen LogP contribution in [-0.2, 0) is 22.6 Å². The Bertz CT molecular complexity index is 586. The number of aliphatic carboxylic acids is 2. The molecule has 0 spiro atoms. The summed E-state index contributed by atoms with van der Waals surface area (Å²) in [6.07, 6.45) is 0.209. The van der Waals surface area contributed by atoms with Gasteiger partial charge in [-0.25, -0.2) is 9.59 Å². The summed E-state index contributed by atoms with van der Waals surface area (Å²) in [5.74, 6) is -2.28. The summed E-state index contributed by atoms with van der Waals surface area (Å²) in [7, 11) is 0. The zero-order chi connectivity index (χ0) is 15.6. The summed E-state index contributed by atoms with van der Waals surface area (Å²) in [6, 6.07) is 4.53. The summed E-state index contributed by atoms with van der Waals surface area (Å²) in [5, 5.41) is 20.4. The largest absolute Gasteiger partial charge is 0.480 e. The average Bonchev–Trinajstić information content (AvgIpc) is 2.45. The fourth-order valence-electron chi connectivity index (χ4n) is 2.29. The molecule has 0 radical (unpaired) electrons. The third-order valence-corrected chi connectivity index (χ3v) is 3.50. The highest BCUT2D eigenvalue weighted by Crippen LogP contribution is 2.23. The predicted molar refractivity (Wildman–Crippen MR) is 72.7 cm³/mol. The Kier molecular flexibility index (Phi) is 4.11. The number of carboxylic acid groups (broad SMARTS) is 2. The van der Waals surface area contributed by atoms with Crippen LogP contribution >= 0.6 is 0 Å². The standard InChI is InChI=1S/C14H16N2O5/c1-8(12(17)18)15-14(21)16-7-10-5-3-2-4-9(10)6-11(16)13(19)20/h2-5,8,11H,6-7H2,1H3,(H,15,21)(H,17,18)(H,19,20)/t8-,11-/m0/s1. The van der Waals surface area contributed by atoms with Crippen LogP contribution in [0.1, 0.15) is 18.1 Å². The van der Waals surface area contributed by atoms with Gasteiger partial charge in [0.15, 0.2) is 0 Å². The molecule has 1 aromatic carbocycles.